The Bertz CT molecular complexity index is 1490. The Morgan fingerprint density at radius 1 is 0.974 bits per heavy atom. The Labute approximate surface area is 222 Å². The quantitative estimate of drug-likeness (QED) is 0.407. The van der Waals surface area contributed by atoms with Gasteiger partial charge in [0.1, 0.15) is 5.65 Å². The van der Waals surface area contributed by atoms with Gasteiger partial charge in [0.2, 0.25) is 0 Å². The highest BCUT2D eigenvalue weighted by atomic mass is 16.2. The number of nitrogens with one attached hydrogen (secondary N) is 1. The van der Waals surface area contributed by atoms with E-state index in [1.165, 1.54) is 0 Å². The van der Waals surface area contributed by atoms with Gasteiger partial charge in [0, 0.05) is 53.9 Å². The van der Waals surface area contributed by atoms with Gasteiger partial charge >= 0.3 is 11.8 Å². The van der Waals surface area contributed by atoms with Crippen LogP contribution in [0.4, 0.5) is 5.69 Å². The van der Waals surface area contributed by atoms with E-state index in [1.54, 1.807) is 23.2 Å². The van der Waals surface area contributed by atoms with E-state index < -0.39 is 11.8 Å². The van der Waals surface area contributed by atoms with E-state index >= 15 is 0 Å². The largest absolute Gasteiger partial charge is 0.327 e. The molecule has 2 aliphatic heterocycles. The van der Waals surface area contributed by atoms with Crippen molar-refractivity contribution in [2.24, 2.45) is 5.92 Å². The molecule has 38 heavy (non-hydrogen) atoms. The standard InChI is InChI=1S/C30H34N6O2/c1-20-3-8-27(36(19-20)30(38)29(37)32-24-11-15-35-16-12-31-28(35)18-24)23-5-4-21-6-7-25(33-26(21)17-23)22-9-13-34(2)14-10-22/h4-7,11-12,15-18,20,22,27H,3,8-10,13-14,19H2,1-2H3,(H,32,37)/t20-,27+/m0/s1. The van der Waals surface area contributed by atoms with Gasteiger partial charge in [-0.2, -0.15) is 0 Å². The summed E-state index contributed by atoms with van der Waals surface area (Å²) in [6, 6.07) is 14.0. The van der Waals surface area contributed by atoms with Crippen molar-refractivity contribution in [3.05, 3.63) is 72.3 Å². The van der Waals surface area contributed by atoms with Crippen molar-refractivity contribution >= 4 is 34.1 Å². The molecule has 0 unspecified atom stereocenters. The molecule has 0 radical (unpaired) electrons. The first-order valence-electron chi connectivity index (χ1n) is 13.6. The molecule has 8 nitrogen and oxygen atoms in total. The number of likely N-dealkylation sites (tertiary alicyclic amines) is 2. The molecule has 2 fully saturated rings. The molecular weight excluding hydrogens is 476 g/mol. The number of carbonyl (C=O) groups excluding carboxylic acids is 2. The Kier molecular flexibility index (Phi) is 6.57. The number of hydrogen-bond donors (Lipinski definition) is 1. The van der Waals surface area contributed by atoms with Gasteiger partial charge in [-0.05, 0) is 75.5 Å². The number of imidazole rings is 1. The highest BCUT2D eigenvalue weighted by molar-refractivity contribution is 6.39. The van der Waals surface area contributed by atoms with Crippen LogP contribution in [0.2, 0.25) is 0 Å². The van der Waals surface area contributed by atoms with Crippen molar-refractivity contribution in [3.8, 4) is 0 Å². The number of aromatic nitrogens is 3. The lowest BCUT2D eigenvalue weighted by atomic mass is 9.89. The third-order valence-corrected chi connectivity index (χ3v) is 8.19. The van der Waals surface area contributed by atoms with Crippen molar-refractivity contribution in [2.45, 2.75) is 44.6 Å². The van der Waals surface area contributed by atoms with Crippen LogP contribution in [-0.4, -0.2) is 62.7 Å². The molecule has 4 aromatic rings. The molecule has 6 rings (SSSR count). The topological polar surface area (TPSA) is 82.8 Å². The van der Waals surface area contributed by atoms with E-state index in [1.807, 2.05) is 16.8 Å². The summed E-state index contributed by atoms with van der Waals surface area (Å²) in [4.78, 5) is 40.0. The third-order valence-electron chi connectivity index (χ3n) is 8.19. The molecule has 5 heterocycles. The van der Waals surface area contributed by atoms with Crippen LogP contribution in [-0.2, 0) is 9.59 Å². The number of amides is 2. The van der Waals surface area contributed by atoms with Gasteiger partial charge in [0.25, 0.3) is 0 Å². The van der Waals surface area contributed by atoms with E-state index in [0.717, 1.165) is 60.9 Å². The van der Waals surface area contributed by atoms with E-state index in [0.29, 0.717) is 29.7 Å². The normalized spacial score (nSPS) is 21.2. The molecule has 2 aliphatic rings. The summed E-state index contributed by atoms with van der Waals surface area (Å²) >= 11 is 0. The molecule has 0 bridgehead atoms. The van der Waals surface area contributed by atoms with Crippen LogP contribution in [0.1, 0.15) is 55.8 Å². The number of nitrogens with zero attached hydrogens (tertiary/aromatic N) is 5. The summed E-state index contributed by atoms with van der Waals surface area (Å²) in [6.07, 6.45) is 9.42. The number of piperidine rings is 2. The molecule has 2 atom stereocenters. The Morgan fingerprint density at radius 3 is 2.63 bits per heavy atom. The predicted molar refractivity (Wildman–Crippen MR) is 148 cm³/mol. The molecule has 0 spiro atoms. The van der Waals surface area contributed by atoms with Crippen molar-refractivity contribution in [1.29, 1.82) is 0 Å². The summed E-state index contributed by atoms with van der Waals surface area (Å²) in [5, 5.41) is 3.88. The molecule has 196 valence electrons. The van der Waals surface area contributed by atoms with E-state index in [9.17, 15) is 9.59 Å². The maximum absolute atomic E-state index is 13.5. The number of fused-ring (bicyclic) bond motifs is 2. The fourth-order valence-corrected chi connectivity index (χ4v) is 5.92. The van der Waals surface area contributed by atoms with E-state index in [-0.39, 0.29) is 6.04 Å². The smallest absolute Gasteiger partial charge is 0.313 e. The van der Waals surface area contributed by atoms with Gasteiger partial charge in [-0.25, -0.2) is 4.98 Å². The minimum Gasteiger partial charge on any atom is -0.327 e. The maximum atomic E-state index is 13.5. The fourth-order valence-electron chi connectivity index (χ4n) is 5.92. The zero-order valence-electron chi connectivity index (χ0n) is 22.0. The molecule has 8 heteroatoms. The van der Waals surface area contributed by atoms with Gasteiger partial charge in [-0.15, -0.1) is 0 Å². The molecule has 3 aromatic heterocycles. The van der Waals surface area contributed by atoms with Crippen molar-refractivity contribution in [3.63, 3.8) is 0 Å². The van der Waals surface area contributed by atoms with Crippen LogP contribution in [0.5, 0.6) is 0 Å². The summed E-state index contributed by atoms with van der Waals surface area (Å²) in [7, 11) is 2.17. The first kappa shape index (κ1) is 24.6. The zero-order chi connectivity index (χ0) is 26.2. The van der Waals surface area contributed by atoms with Gasteiger partial charge in [-0.1, -0.05) is 25.1 Å². The number of hydrogen-bond acceptors (Lipinski definition) is 5. The Hall–Kier alpha value is -3.78. The number of benzene rings is 1. The lowest BCUT2D eigenvalue weighted by Crippen LogP contribution is -2.46. The number of rotatable bonds is 3. The first-order chi connectivity index (χ1) is 18.4. The van der Waals surface area contributed by atoms with E-state index in [2.05, 4.69) is 59.5 Å². The maximum Gasteiger partial charge on any atom is 0.313 e. The fraction of sp³-hybridized carbons (Fsp3) is 0.400. The summed E-state index contributed by atoms with van der Waals surface area (Å²) in [6.45, 7) is 4.88. The first-order valence-corrected chi connectivity index (χ1v) is 13.6. The van der Waals surface area contributed by atoms with Crippen LogP contribution < -0.4 is 5.32 Å². The average Bonchev–Trinajstić information content (AvgIpc) is 3.40. The van der Waals surface area contributed by atoms with Crippen molar-refractivity contribution in [2.75, 3.05) is 32.0 Å². The molecular formula is C30H34N6O2. The van der Waals surface area contributed by atoms with Gasteiger partial charge < -0.3 is 19.5 Å². The Morgan fingerprint density at radius 2 is 1.79 bits per heavy atom. The minimum atomic E-state index is -0.622. The second-order valence-electron chi connectivity index (χ2n) is 11.0. The third kappa shape index (κ3) is 4.88. The number of carbonyl (C=O) groups is 2. The summed E-state index contributed by atoms with van der Waals surface area (Å²) in [5.41, 5.74) is 4.42. The van der Waals surface area contributed by atoms with E-state index in [4.69, 9.17) is 4.98 Å². The highest BCUT2D eigenvalue weighted by Crippen LogP contribution is 2.35. The molecule has 1 aromatic carbocycles. The van der Waals surface area contributed by atoms with Crippen LogP contribution >= 0.6 is 0 Å². The van der Waals surface area contributed by atoms with Crippen molar-refractivity contribution < 1.29 is 9.59 Å². The molecule has 0 aliphatic carbocycles. The lowest BCUT2D eigenvalue weighted by molar-refractivity contribution is -0.146. The Balaban J connectivity index is 1.24. The zero-order valence-corrected chi connectivity index (χ0v) is 22.0. The molecule has 2 saturated heterocycles. The number of anilines is 1. The SMILES string of the molecule is C[C@H]1CC[C@H](c2ccc3ccc(C4CCN(C)CC4)nc3c2)N(C(=O)C(=O)Nc2ccn3ccnc3c2)C1. The average molecular weight is 511 g/mol. The van der Waals surface area contributed by atoms with Crippen LogP contribution in [0.3, 0.4) is 0 Å². The van der Waals surface area contributed by atoms with Gasteiger partial charge in [-0.3, -0.25) is 14.6 Å². The molecule has 0 saturated carbocycles. The second-order valence-corrected chi connectivity index (χ2v) is 11.0. The van der Waals surface area contributed by atoms with Crippen molar-refractivity contribution in [1.82, 2.24) is 24.2 Å². The van der Waals surface area contributed by atoms with Crippen LogP contribution in [0.25, 0.3) is 16.6 Å². The monoisotopic (exact) mass is 510 g/mol. The second kappa shape index (κ2) is 10.2. The highest BCUT2D eigenvalue weighted by Gasteiger charge is 2.34. The number of pyridine rings is 2. The minimum absolute atomic E-state index is 0.155. The van der Waals surface area contributed by atoms with Crippen LogP contribution in [0, 0.1) is 5.92 Å². The predicted octanol–water partition coefficient (Wildman–Crippen LogP) is 4.63. The molecule has 1 N–H and O–H groups in total. The summed E-state index contributed by atoms with van der Waals surface area (Å²) < 4.78 is 1.85. The van der Waals surface area contributed by atoms with Gasteiger partial charge in [0.05, 0.1) is 11.6 Å². The van der Waals surface area contributed by atoms with Crippen LogP contribution in [0.15, 0.2) is 61.1 Å². The van der Waals surface area contributed by atoms with Gasteiger partial charge in [0.15, 0.2) is 0 Å². The lowest BCUT2D eigenvalue weighted by Gasteiger charge is -2.38. The molecule has 2 amide bonds. The summed E-state index contributed by atoms with van der Waals surface area (Å²) in [5.74, 6) is -0.307.